The molecule has 0 aromatic heterocycles. The lowest BCUT2D eigenvalue weighted by molar-refractivity contribution is -0.120. The van der Waals surface area contributed by atoms with E-state index in [0.29, 0.717) is 13.0 Å². The maximum atomic E-state index is 13.6. The highest BCUT2D eigenvalue weighted by Crippen LogP contribution is 2.66. The molecule has 1 amide bonds. The Hall–Kier alpha value is -3.47. The number of anilines is 1. The number of para-hydroxylation sites is 1. The Balaban J connectivity index is 1.51. The van der Waals surface area contributed by atoms with Gasteiger partial charge < -0.3 is 10.0 Å². The van der Waals surface area contributed by atoms with Crippen LogP contribution in [0.2, 0.25) is 0 Å². The molecule has 5 rings (SSSR count). The fourth-order valence-corrected chi connectivity index (χ4v) is 4.59. The standard InChI is InChI=1S/C24H18FNO3/c25-18-10-8-16(9-11-18)20-13-24(20)19-6-1-2-7-21(19)26(23(24)29)14-15-4-3-5-17(12-15)22(27)28/h1-12,20H,13-14H2,(H,27,28)/t20-,24-/m0/s1. The second-order valence-corrected chi connectivity index (χ2v) is 7.69. The number of hydrogen-bond acceptors (Lipinski definition) is 2. The Morgan fingerprint density at radius 1 is 1.07 bits per heavy atom. The Morgan fingerprint density at radius 2 is 1.83 bits per heavy atom. The van der Waals surface area contributed by atoms with Crippen molar-refractivity contribution in [2.75, 3.05) is 4.90 Å². The predicted molar refractivity (Wildman–Crippen MR) is 106 cm³/mol. The van der Waals surface area contributed by atoms with Crippen LogP contribution in [0.1, 0.15) is 39.4 Å². The Kier molecular flexibility index (Phi) is 3.81. The minimum atomic E-state index is -0.991. The highest BCUT2D eigenvalue weighted by Gasteiger charge is 2.67. The second kappa shape index (κ2) is 6.27. The molecule has 2 aliphatic rings. The summed E-state index contributed by atoms with van der Waals surface area (Å²) in [6.45, 7) is 0.314. The number of carbonyl (C=O) groups excluding carboxylic acids is 1. The maximum Gasteiger partial charge on any atom is 0.335 e. The first-order valence-corrected chi connectivity index (χ1v) is 9.50. The highest BCUT2D eigenvalue weighted by molar-refractivity contribution is 6.11. The molecule has 1 aliphatic heterocycles. The minimum absolute atomic E-state index is 0.0205. The Morgan fingerprint density at radius 3 is 2.59 bits per heavy atom. The monoisotopic (exact) mass is 387 g/mol. The molecule has 144 valence electrons. The van der Waals surface area contributed by atoms with E-state index in [1.807, 2.05) is 30.3 Å². The SMILES string of the molecule is O=C(O)c1cccc(CN2C(=O)[C@@]3(C[C@H]3c3ccc(F)cc3)c3ccccc32)c1. The molecule has 29 heavy (non-hydrogen) atoms. The zero-order valence-corrected chi connectivity index (χ0v) is 15.5. The molecule has 1 saturated carbocycles. The topological polar surface area (TPSA) is 57.6 Å². The fraction of sp³-hybridized carbons (Fsp3) is 0.167. The third kappa shape index (κ3) is 2.65. The van der Waals surface area contributed by atoms with Crippen LogP contribution in [-0.2, 0) is 16.8 Å². The van der Waals surface area contributed by atoms with Crippen LogP contribution in [0.3, 0.4) is 0 Å². The van der Waals surface area contributed by atoms with Gasteiger partial charge in [0, 0.05) is 11.6 Å². The van der Waals surface area contributed by atoms with Crippen molar-refractivity contribution in [3.63, 3.8) is 0 Å². The maximum absolute atomic E-state index is 13.6. The van der Waals surface area contributed by atoms with Gasteiger partial charge in [0.05, 0.1) is 17.5 Å². The number of carbonyl (C=O) groups is 2. The van der Waals surface area contributed by atoms with Crippen molar-refractivity contribution in [2.24, 2.45) is 0 Å². The van der Waals surface area contributed by atoms with Crippen LogP contribution in [0.25, 0.3) is 0 Å². The zero-order valence-electron chi connectivity index (χ0n) is 15.5. The summed E-state index contributed by atoms with van der Waals surface area (Å²) in [4.78, 5) is 26.6. The van der Waals surface area contributed by atoms with Gasteiger partial charge in [-0.25, -0.2) is 9.18 Å². The van der Waals surface area contributed by atoms with Crippen LogP contribution in [0.15, 0.2) is 72.8 Å². The lowest BCUT2D eigenvalue weighted by Crippen LogP contribution is -2.32. The molecule has 0 bridgehead atoms. The molecule has 0 saturated heterocycles. The molecule has 3 aromatic rings. The molecule has 1 spiro atoms. The molecule has 1 N–H and O–H groups in total. The van der Waals surface area contributed by atoms with Crippen LogP contribution in [-0.4, -0.2) is 17.0 Å². The van der Waals surface area contributed by atoms with E-state index >= 15 is 0 Å². The summed E-state index contributed by atoms with van der Waals surface area (Å²) in [6, 6.07) is 20.8. The molecule has 1 aliphatic carbocycles. The van der Waals surface area contributed by atoms with Gasteiger partial charge in [-0.15, -0.1) is 0 Å². The van der Waals surface area contributed by atoms with Crippen molar-refractivity contribution in [3.8, 4) is 0 Å². The van der Waals surface area contributed by atoms with Gasteiger partial charge >= 0.3 is 5.97 Å². The Labute approximate surface area is 167 Å². The van der Waals surface area contributed by atoms with Crippen LogP contribution in [0.4, 0.5) is 10.1 Å². The van der Waals surface area contributed by atoms with Gasteiger partial charge in [-0.3, -0.25) is 4.79 Å². The average molecular weight is 387 g/mol. The van der Waals surface area contributed by atoms with Gasteiger partial charge in [0.25, 0.3) is 0 Å². The molecule has 3 aromatic carbocycles. The summed E-state index contributed by atoms with van der Waals surface area (Å²) < 4.78 is 13.3. The molecule has 0 radical (unpaired) electrons. The quantitative estimate of drug-likeness (QED) is 0.717. The van der Waals surface area contributed by atoms with Gasteiger partial charge in [-0.1, -0.05) is 42.5 Å². The van der Waals surface area contributed by atoms with Gasteiger partial charge in [-0.2, -0.15) is 0 Å². The highest BCUT2D eigenvalue weighted by atomic mass is 19.1. The van der Waals surface area contributed by atoms with Gasteiger partial charge in [0.2, 0.25) is 5.91 Å². The number of nitrogens with zero attached hydrogens (tertiary/aromatic N) is 1. The zero-order chi connectivity index (χ0) is 20.2. The van der Waals surface area contributed by atoms with Crippen molar-refractivity contribution in [2.45, 2.75) is 24.3 Å². The summed E-state index contributed by atoms with van der Waals surface area (Å²) >= 11 is 0. The molecule has 4 nitrogen and oxygen atoms in total. The summed E-state index contributed by atoms with van der Waals surface area (Å²) in [7, 11) is 0. The molecule has 2 atom stereocenters. The number of aromatic carboxylic acids is 1. The van der Waals surface area contributed by atoms with E-state index in [1.165, 1.54) is 12.1 Å². The lowest BCUT2D eigenvalue weighted by Gasteiger charge is -2.19. The van der Waals surface area contributed by atoms with E-state index < -0.39 is 11.4 Å². The second-order valence-electron chi connectivity index (χ2n) is 7.69. The Bertz CT molecular complexity index is 1140. The number of halogens is 1. The normalized spacial score (nSPS) is 22.0. The first-order valence-electron chi connectivity index (χ1n) is 9.50. The summed E-state index contributed by atoms with van der Waals surface area (Å²) in [6.07, 6.45) is 0.695. The van der Waals surface area contributed by atoms with Crippen LogP contribution in [0, 0.1) is 5.82 Å². The summed E-state index contributed by atoms with van der Waals surface area (Å²) in [5.41, 5.74) is 3.18. The van der Waals surface area contributed by atoms with Crippen molar-refractivity contribution >= 4 is 17.6 Å². The first-order chi connectivity index (χ1) is 14.0. The number of carboxylic acids is 1. The molecule has 1 heterocycles. The fourth-order valence-electron chi connectivity index (χ4n) is 4.59. The van der Waals surface area contributed by atoms with Crippen LogP contribution >= 0.6 is 0 Å². The van der Waals surface area contributed by atoms with Crippen molar-refractivity contribution in [1.82, 2.24) is 0 Å². The molecular formula is C24H18FNO3. The van der Waals surface area contributed by atoms with Crippen LogP contribution in [0.5, 0.6) is 0 Å². The smallest absolute Gasteiger partial charge is 0.335 e. The summed E-state index contributed by atoms with van der Waals surface area (Å²) in [5, 5.41) is 9.25. The molecule has 5 heteroatoms. The van der Waals surface area contributed by atoms with E-state index in [1.54, 1.807) is 35.2 Å². The predicted octanol–water partition coefficient (Wildman–Crippen LogP) is 4.50. The van der Waals surface area contributed by atoms with Crippen molar-refractivity contribution < 1.29 is 19.1 Å². The van der Waals surface area contributed by atoms with Gasteiger partial charge in [0.1, 0.15) is 5.82 Å². The van der Waals surface area contributed by atoms with E-state index in [2.05, 4.69) is 0 Å². The largest absolute Gasteiger partial charge is 0.478 e. The van der Waals surface area contributed by atoms with Crippen molar-refractivity contribution in [3.05, 3.63) is 101 Å². The van der Waals surface area contributed by atoms with Crippen LogP contribution < -0.4 is 4.90 Å². The third-order valence-electron chi connectivity index (χ3n) is 6.05. The lowest BCUT2D eigenvalue weighted by atomic mass is 9.92. The van der Waals surface area contributed by atoms with E-state index in [4.69, 9.17) is 0 Å². The number of fused-ring (bicyclic) bond motifs is 2. The minimum Gasteiger partial charge on any atom is -0.478 e. The number of amides is 1. The number of hydrogen-bond donors (Lipinski definition) is 1. The van der Waals surface area contributed by atoms with Gasteiger partial charge in [0.15, 0.2) is 0 Å². The van der Waals surface area contributed by atoms with Gasteiger partial charge in [-0.05, 0) is 53.4 Å². The molecule has 1 fully saturated rings. The number of benzene rings is 3. The van der Waals surface area contributed by atoms with E-state index in [-0.39, 0.29) is 23.2 Å². The first kappa shape index (κ1) is 17.6. The molecular weight excluding hydrogens is 369 g/mol. The van der Waals surface area contributed by atoms with Crippen molar-refractivity contribution in [1.29, 1.82) is 0 Å². The third-order valence-corrected chi connectivity index (χ3v) is 6.05. The van der Waals surface area contributed by atoms with E-state index in [0.717, 1.165) is 22.4 Å². The molecule has 0 unspecified atom stereocenters. The van der Waals surface area contributed by atoms with E-state index in [9.17, 15) is 19.1 Å². The summed E-state index contributed by atoms with van der Waals surface area (Å²) in [5.74, 6) is -1.24. The average Bonchev–Trinajstić information content (AvgIpc) is 3.44. The number of rotatable bonds is 4. The number of carboxylic acid groups (broad SMARTS) is 1.